The molecule has 1 fully saturated rings. The molecule has 4 nitrogen and oxygen atoms in total. The van der Waals surface area contributed by atoms with Crippen LogP contribution in [0.3, 0.4) is 0 Å². The molecule has 0 aliphatic carbocycles. The zero-order valence-electron chi connectivity index (χ0n) is 10.6. The lowest BCUT2D eigenvalue weighted by Gasteiger charge is -2.27. The smallest absolute Gasteiger partial charge is 0.268 e. The van der Waals surface area contributed by atoms with Crippen LogP contribution in [0.2, 0.25) is 0 Å². The summed E-state index contributed by atoms with van der Waals surface area (Å²) in [5.74, 6) is 0.0687. The van der Waals surface area contributed by atoms with E-state index < -0.39 is 0 Å². The van der Waals surface area contributed by atoms with Gasteiger partial charge in [0, 0.05) is 24.0 Å². The topological polar surface area (TPSA) is 52.6 Å². The number of hydrogen-bond donors (Lipinski definition) is 2. The average Bonchev–Trinajstić information content (AvgIpc) is 2.47. The second-order valence-electron chi connectivity index (χ2n) is 4.79. The third-order valence-electron chi connectivity index (χ3n) is 3.44. The van der Waals surface area contributed by atoms with Crippen LogP contribution in [0.25, 0.3) is 10.8 Å². The summed E-state index contributed by atoms with van der Waals surface area (Å²) < 4.78 is 0. The van der Waals surface area contributed by atoms with Crippen molar-refractivity contribution in [2.75, 3.05) is 13.1 Å². The number of phenolic OH excluding ortho intramolecular Hbond substituents is 1. The molecule has 2 aromatic carbocycles. The molecule has 1 heterocycles. The summed E-state index contributed by atoms with van der Waals surface area (Å²) in [6.45, 7) is 1.54. The van der Waals surface area contributed by atoms with Crippen LogP contribution in [0, 0.1) is 0 Å². The Morgan fingerprint density at radius 1 is 1.21 bits per heavy atom. The highest BCUT2D eigenvalue weighted by atomic mass is 16.3. The van der Waals surface area contributed by atoms with Crippen LogP contribution >= 0.6 is 0 Å². The molecule has 0 radical (unpaired) electrons. The maximum atomic E-state index is 12.3. The first-order chi connectivity index (χ1) is 9.25. The first-order valence-electron chi connectivity index (χ1n) is 6.53. The van der Waals surface area contributed by atoms with Crippen LogP contribution in [0.1, 0.15) is 23.2 Å². The third-order valence-corrected chi connectivity index (χ3v) is 3.44. The van der Waals surface area contributed by atoms with Crippen molar-refractivity contribution in [1.29, 1.82) is 0 Å². The molecule has 0 bridgehead atoms. The van der Waals surface area contributed by atoms with E-state index in [-0.39, 0.29) is 11.7 Å². The lowest BCUT2D eigenvalue weighted by molar-refractivity contribution is 0.0610. The van der Waals surface area contributed by atoms with Crippen molar-refractivity contribution in [3.05, 3.63) is 42.0 Å². The van der Waals surface area contributed by atoms with E-state index >= 15 is 0 Å². The minimum absolute atomic E-state index is 0.0826. The molecule has 4 heteroatoms. The van der Waals surface area contributed by atoms with Crippen molar-refractivity contribution >= 4 is 16.7 Å². The van der Waals surface area contributed by atoms with Gasteiger partial charge in [-0.25, -0.2) is 5.43 Å². The van der Waals surface area contributed by atoms with E-state index in [0.717, 1.165) is 30.2 Å². The highest BCUT2D eigenvalue weighted by Gasteiger charge is 2.19. The summed E-state index contributed by atoms with van der Waals surface area (Å²) in [7, 11) is 0. The van der Waals surface area contributed by atoms with Gasteiger partial charge in [-0.15, -0.1) is 0 Å². The van der Waals surface area contributed by atoms with Gasteiger partial charge in [0.05, 0.1) is 0 Å². The molecule has 1 aliphatic heterocycles. The Labute approximate surface area is 111 Å². The Morgan fingerprint density at radius 2 is 2.05 bits per heavy atom. The Bertz CT molecular complexity index is 619. The van der Waals surface area contributed by atoms with Crippen LogP contribution in [0.5, 0.6) is 5.75 Å². The highest BCUT2D eigenvalue weighted by molar-refractivity contribution is 6.00. The van der Waals surface area contributed by atoms with Crippen LogP contribution < -0.4 is 5.43 Å². The fourth-order valence-electron chi connectivity index (χ4n) is 2.43. The summed E-state index contributed by atoms with van der Waals surface area (Å²) >= 11 is 0. The van der Waals surface area contributed by atoms with Gasteiger partial charge in [-0.1, -0.05) is 24.3 Å². The number of carbonyl (C=O) groups is 1. The molecule has 1 amide bonds. The van der Waals surface area contributed by atoms with Gasteiger partial charge in [-0.05, 0) is 30.4 Å². The first kappa shape index (κ1) is 12.0. The number of nitrogens with one attached hydrogen (secondary N) is 1. The molecule has 0 spiro atoms. The van der Waals surface area contributed by atoms with Crippen LogP contribution in [-0.4, -0.2) is 29.1 Å². The van der Waals surface area contributed by atoms with Crippen LogP contribution in [0.15, 0.2) is 36.4 Å². The molecule has 0 atom stereocenters. The zero-order chi connectivity index (χ0) is 13.2. The molecule has 1 aliphatic rings. The van der Waals surface area contributed by atoms with Gasteiger partial charge in [0.2, 0.25) is 0 Å². The predicted octanol–water partition coefficient (Wildman–Crippen LogP) is 2.29. The van der Waals surface area contributed by atoms with Crippen LogP contribution in [0.4, 0.5) is 0 Å². The SMILES string of the molecule is O=C(c1cc(O)c2ccccc2c1)N1CCCCN1. The van der Waals surface area contributed by atoms with Gasteiger partial charge in [0.15, 0.2) is 0 Å². The molecular weight excluding hydrogens is 240 g/mol. The standard InChI is InChI=1S/C15H16N2O2/c18-14-10-12(9-11-5-1-2-6-13(11)14)15(19)17-8-4-3-7-16-17/h1-2,5-6,9-10,16,18H,3-4,7-8H2. The second-order valence-corrected chi connectivity index (χ2v) is 4.79. The van der Waals surface area contributed by atoms with E-state index in [1.807, 2.05) is 30.3 Å². The van der Waals surface area contributed by atoms with E-state index in [2.05, 4.69) is 5.43 Å². The largest absolute Gasteiger partial charge is 0.507 e. The first-order valence-corrected chi connectivity index (χ1v) is 6.53. The van der Waals surface area contributed by atoms with Gasteiger partial charge >= 0.3 is 0 Å². The number of benzene rings is 2. The quantitative estimate of drug-likeness (QED) is 0.823. The molecule has 3 rings (SSSR count). The van der Waals surface area contributed by atoms with Crippen molar-refractivity contribution in [3.8, 4) is 5.75 Å². The maximum Gasteiger partial charge on any atom is 0.268 e. The zero-order valence-corrected chi connectivity index (χ0v) is 10.6. The van der Waals surface area contributed by atoms with Gasteiger partial charge in [0.25, 0.3) is 5.91 Å². The predicted molar refractivity (Wildman–Crippen MR) is 73.9 cm³/mol. The number of carbonyl (C=O) groups excluding carboxylic acids is 1. The van der Waals surface area contributed by atoms with Crippen molar-refractivity contribution < 1.29 is 9.90 Å². The van der Waals surface area contributed by atoms with E-state index in [1.54, 1.807) is 11.1 Å². The van der Waals surface area contributed by atoms with E-state index in [9.17, 15) is 9.90 Å². The number of hydrogen-bond acceptors (Lipinski definition) is 3. The monoisotopic (exact) mass is 256 g/mol. The van der Waals surface area contributed by atoms with Gasteiger partial charge in [-0.3, -0.25) is 9.80 Å². The molecule has 1 saturated heterocycles. The summed E-state index contributed by atoms with van der Waals surface area (Å²) in [5.41, 5.74) is 3.61. The number of amides is 1. The van der Waals surface area contributed by atoms with Gasteiger partial charge < -0.3 is 5.11 Å². The number of nitrogens with zero attached hydrogens (tertiary/aromatic N) is 1. The fourth-order valence-corrected chi connectivity index (χ4v) is 2.43. The van der Waals surface area contributed by atoms with Crippen molar-refractivity contribution in [3.63, 3.8) is 0 Å². The Morgan fingerprint density at radius 3 is 2.84 bits per heavy atom. The third kappa shape index (κ3) is 2.27. The average molecular weight is 256 g/mol. The highest BCUT2D eigenvalue weighted by Crippen LogP contribution is 2.26. The lowest BCUT2D eigenvalue weighted by Crippen LogP contribution is -2.46. The lowest BCUT2D eigenvalue weighted by atomic mass is 10.1. The Kier molecular flexibility index (Phi) is 3.09. The normalized spacial score (nSPS) is 15.7. The van der Waals surface area contributed by atoms with E-state index in [4.69, 9.17) is 0 Å². The number of fused-ring (bicyclic) bond motifs is 1. The summed E-state index contributed by atoms with van der Waals surface area (Å²) in [4.78, 5) is 12.3. The summed E-state index contributed by atoms with van der Waals surface area (Å²) in [6.07, 6.45) is 2.10. The van der Waals surface area contributed by atoms with Gasteiger partial charge in [-0.2, -0.15) is 0 Å². The van der Waals surface area contributed by atoms with Crippen molar-refractivity contribution in [2.24, 2.45) is 0 Å². The molecule has 2 aromatic rings. The molecule has 0 unspecified atom stereocenters. The minimum Gasteiger partial charge on any atom is -0.507 e. The fraction of sp³-hybridized carbons (Fsp3) is 0.267. The second kappa shape index (κ2) is 4.90. The van der Waals surface area contributed by atoms with Gasteiger partial charge in [0.1, 0.15) is 5.75 Å². The summed E-state index contributed by atoms with van der Waals surface area (Å²) in [6, 6.07) is 10.9. The number of phenols is 1. The van der Waals surface area contributed by atoms with E-state index in [0.29, 0.717) is 12.1 Å². The Hall–Kier alpha value is -2.07. The molecule has 0 aromatic heterocycles. The van der Waals surface area contributed by atoms with E-state index in [1.165, 1.54) is 0 Å². The summed E-state index contributed by atoms with van der Waals surface area (Å²) in [5, 5.41) is 13.3. The van der Waals surface area contributed by atoms with Crippen molar-refractivity contribution in [1.82, 2.24) is 10.4 Å². The molecule has 2 N–H and O–H groups in total. The molecule has 98 valence electrons. The Balaban J connectivity index is 1.98. The molecular formula is C15H16N2O2. The number of aromatic hydroxyl groups is 1. The molecule has 19 heavy (non-hydrogen) atoms. The van der Waals surface area contributed by atoms with Crippen LogP contribution in [-0.2, 0) is 0 Å². The minimum atomic E-state index is -0.0826. The van der Waals surface area contributed by atoms with Crippen molar-refractivity contribution in [2.45, 2.75) is 12.8 Å². The number of rotatable bonds is 1. The maximum absolute atomic E-state index is 12.3. The molecule has 0 saturated carbocycles. The number of hydrazine groups is 1.